The van der Waals surface area contributed by atoms with Crippen LogP contribution in [-0.4, -0.2) is 46.5 Å². The van der Waals surface area contributed by atoms with Gasteiger partial charge in [-0.25, -0.2) is 0 Å². The van der Waals surface area contributed by atoms with E-state index in [9.17, 15) is 9.59 Å². The van der Waals surface area contributed by atoms with Crippen LogP contribution in [0.3, 0.4) is 0 Å². The van der Waals surface area contributed by atoms with Gasteiger partial charge in [0.1, 0.15) is 0 Å². The molecular weight excluding hydrogens is 238 g/mol. The lowest BCUT2D eigenvalue weighted by Gasteiger charge is -2.37. The standard InChI is InChI=1S/C12H19NO3S/c1-17-7-8-3-2-6-13(8)11(14)9-4-5-10(9)12(15)16/h8-10H,2-7H2,1H3,(H,15,16). The third-order valence-corrected chi connectivity index (χ3v) is 4.65. The van der Waals surface area contributed by atoms with E-state index in [0.29, 0.717) is 12.5 Å². The summed E-state index contributed by atoms with van der Waals surface area (Å²) in [5.74, 6) is -0.445. The monoisotopic (exact) mass is 257 g/mol. The third-order valence-electron chi connectivity index (χ3n) is 3.93. The molecule has 0 aromatic rings. The highest BCUT2D eigenvalue weighted by Gasteiger charge is 2.44. The van der Waals surface area contributed by atoms with E-state index in [1.54, 1.807) is 11.8 Å². The summed E-state index contributed by atoms with van der Waals surface area (Å²) >= 11 is 1.75. The van der Waals surface area contributed by atoms with Crippen LogP contribution >= 0.6 is 11.8 Å². The Morgan fingerprint density at radius 3 is 2.53 bits per heavy atom. The molecule has 2 fully saturated rings. The molecule has 1 saturated carbocycles. The summed E-state index contributed by atoms with van der Waals surface area (Å²) in [5.41, 5.74) is 0. The smallest absolute Gasteiger partial charge is 0.307 e. The van der Waals surface area contributed by atoms with Crippen molar-refractivity contribution in [2.45, 2.75) is 31.7 Å². The SMILES string of the molecule is CSCC1CCCN1C(=O)C1CCC1C(=O)O. The van der Waals surface area contributed by atoms with E-state index in [1.165, 1.54) is 0 Å². The molecule has 96 valence electrons. The summed E-state index contributed by atoms with van der Waals surface area (Å²) in [6.07, 6.45) is 5.58. The van der Waals surface area contributed by atoms with Crippen molar-refractivity contribution in [2.75, 3.05) is 18.6 Å². The van der Waals surface area contributed by atoms with Gasteiger partial charge in [-0.05, 0) is 31.9 Å². The van der Waals surface area contributed by atoms with E-state index in [1.807, 2.05) is 11.2 Å². The minimum absolute atomic E-state index is 0.0835. The minimum atomic E-state index is -0.810. The molecule has 1 N–H and O–H groups in total. The van der Waals surface area contributed by atoms with E-state index >= 15 is 0 Å². The van der Waals surface area contributed by atoms with Gasteiger partial charge in [0, 0.05) is 18.3 Å². The summed E-state index contributed by atoms with van der Waals surface area (Å²) in [7, 11) is 0. The first-order valence-corrected chi connectivity index (χ1v) is 7.56. The van der Waals surface area contributed by atoms with Crippen molar-refractivity contribution < 1.29 is 14.7 Å². The first kappa shape index (κ1) is 12.7. The number of thioether (sulfide) groups is 1. The summed E-state index contributed by atoms with van der Waals surface area (Å²) < 4.78 is 0. The fraction of sp³-hybridized carbons (Fsp3) is 0.833. The largest absolute Gasteiger partial charge is 0.481 e. The molecule has 17 heavy (non-hydrogen) atoms. The maximum atomic E-state index is 12.3. The molecule has 0 radical (unpaired) electrons. The van der Waals surface area contributed by atoms with Gasteiger partial charge in [-0.1, -0.05) is 0 Å². The van der Waals surface area contributed by atoms with Gasteiger partial charge >= 0.3 is 5.97 Å². The Kier molecular flexibility index (Phi) is 3.97. The quantitative estimate of drug-likeness (QED) is 0.828. The predicted octanol–water partition coefficient (Wildman–Crippen LogP) is 1.45. The topological polar surface area (TPSA) is 57.6 Å². The summed E-state index contributed by atoms with van der Waals surface area (Å²) in [6, 6.07) is 0.326. The Labute approximate surface area is 106 Å². The Morgan fingerprint density at radius 2 is 2.00 bits per heavy atom. The Hall–Kier alpha value is -0.710. The third kappa shape index (κ3) is 2.44. The van der Waals surface area contributed by atoms with Crippen LogP contribution in [0.2, 0.25) is 0 Å². The van der Waals surface area contributed by atoms with Gasteiger partial charge in [0.25, 0.3) is 0 Å². The van der Waals surface area contributed by atoms with Gasteiger partial charge in [-0.3, -0.25) is 9.59 Å². The highest BCUT2D eigenvalue weighted by Crippen LogP contribution is 2.37. The molecule has 1 aliphatic carbocycles. The van der Waals surface area contributed by atoms with Crippen molar-refractivity contribution in [3.8, 4) is 0 Å². The van der Waals surface area contributed by atoms with Crippen molar-refractivity contribution in [3.05, 3.63) is 0 Å². The molecule has 1 heterocycles. The Bertz CT molecular complexity index is 321. The first-order valence-electron chi connectivity index (χ1n) is 6.17. The van der Waals surface area contributed by atoms with Gasteiger partial charge in [0.2, 0.25) is 5.91 Å². The second-order valence-electron chi connectivity index (χ2n) is 4.91. The number of aliphatic carboxylic acids is 1. The van der Waals surface area contributed by atoms with Gasteiger partial charge in [0.15, 0.2) is 0 Å². The molecule has 0 aromatic heterocycles. The predicted molar refractivity (Wildman–Crippen MR) is 67.0 cm³/mol. The lowest BCUT2D eigenvalue weighted by atomic mass is 9.73. The molecule has 1 saturated heterocycles. The number of carboxylic acid groups (broad SMARTS) is 1. The molecule has 1 amide bonds. The van der Waals surface area contributed by atoms with Crippen LogP contribution in [0.5, 0.6) is 0 Å². The van der Waals surface area contributed by atoms with Gasteiger partial charge in [-0.2, -0.15) is 11.8 Å². The maximum absolute atomic E-state index is 12.3. The number of carbonyl (C=O) groups excluding carboxylic acids is 1. The molecule has 0 spiro atoms. The number of hydrogen-bond acceptors (Lipinski definition) is 3. The summed E-state index contributed by atoms with van der Waals surface area (Å²) in [5, 5.41) is 8.99. The van der Waals surface area contributed by atoms with Crippen LogP contribution < -0.4 is 0 Å². The van der Waals surface area contributed by atoms with Crippen molar-refractivity contribution in [2.24, 2.45) is 11.8 Å². The van der Waals surface area contributed by atoms with Gasteiger partial charge in [0.05, 0.1) is 11.8 Å². The highest BCUT2D eigenvalue weighted by atomic mass is 32.2. The average molecular weight is 257 g/mol. The van der Waals surface area contributed by atoms with Crippen molar-refractivity contribution in [3.63, 3.8) is 0 Å². The Balaban J connectivity index is 1.97. The molecule has 0 aromatic carbocycles. The average Bonchev–Trinajstić information content (AvgIpc) is 2.63. The molecule has 4 nitrogen and oxygen atoms in total. The van der Waals surface area contributed by atoms with Crippen LogP contribution in [-0.2, 0) is 9.59 Å². The lowest BCUT2D eigenvalue weighted by Crippen LogP contribution is -2.48. The number of nitrogens with zero attached hydrogens (tertiary/aromatic N) is 1. The van der Waals surface area contributed by atoms with Crippen LogP contribution in [0.4, 0.5) is 0 Å². The molecule has 3 unspecified atom stereocenters. The lowest BCUT2D eigenvalue weighted by molar-refractivity contribution is -0.156. The number of hydrogen-bond donors (Lipinski definition) is 1. The normalized spacial score (nSPS) is 32.3. The summed E-state index contributed by atoms with van der Waals surface area (Å²) in [4.78, 5) is 25.2. The van der Waals surface area contributed by atoms with Crippen LogP contribution in [0.15, 0.2) is 0 Å². The van der Waals surface area contributed by atoms with Gasteiger partial charge in [-0.15, -0.1) is 0 Å². The molecule has 1 aliphatic heterocycles. The zero-order valence-electron chi connectivity index (χ0n) is 10.1. The van der Waals surface area contributed by atoms with Crippen molar-refractivity contribution in [1.29, 1.82) is 0 Å². The molecular formula is C12H19NO3S. The molecule has 0 bridgehead atoms. The van der Waals surface area contributed by atoms with Crippen molar-refractivity contribution >= 4 is 23.6 Å². The van der Waals surface area contributed by atoms with Crippen molar-refractivity contribution in [1.82, 2.24) is 4.90 Å². The molecule has 2 rings (SSSR count). The van der Waals surface area contributed by atoms with Crippen LogP contribution in [0.25, 0.3) is 0 Å². The van der Waals surface area contributed by atoms with Crippen LogP contribution in [0, 0.1) is 11.8 Å². The molecule has 3 atom stereocenters. The minimum Gasteiger partial charge on any atom is -0.481 e. The number of carbonyl (C=O) groups is 2. The van der Waals surface area contributed by atoms with Gasteiger partial charge < -0.3 is 10.0 Å². The van der Waals surface area contributed by atoms with E-state index < -0.39 is 11.9 Å². The van der Waals surface area contributed by atoms with E-state index in [4.69, 9.17) is 5.11 Å². The zero-order valence-corrected chi connectivity index (χ0v) is 10.9. The highest BCUT2D eigenvalue weighted by molar-refractivity contribution is 7.98. The van der Waals surface area contributed by atoms with E-state index in [-0.39, 0.29) is 11.8 Å². The maximum Gasteiger partial charge on any atom is 0.307 e. The van der Waals surface area contributed by atoms with E-state index in [0.717, 1.165) is 31.6 Å². The fourth-order valence-electron chi connectivity index (χ4n) is 2.80. The second-order valence-corrected chi connectivity index (χ2v) is 5.82. The van der Waals surface area contributed by atoms with Crippen LogP contribution in [0.1, 0.15) is 25.7 Å². The second kappa shape index (κ2) is 5.29. The Morgan fingerprint density at radius 1 is 1.29 bits per heavy atom. The number of carboxylic acids is 1. The number of amides is 1. The first-order chi connectivity index (χ1) is 8.15. The summed E-state index contributed by atoms with van der Waals surface area (Å²) in [6.45, 7) is 0.812. The number of rotatable bonds is 4. The van der Waals surface area contributed by atoms with E-state index in [2.05, 4.69) is 0 Å². The molecule has 5 heteroatoms. The fourth-order valence-corrected chi connectivity index (χ4v) is 3.53. The molecule has 2 aliphatic rings. The zero-order chi connectivity index (χ0) is 12.4. The number of likely N-dealkylation sites (tertiary alicyclic amines) is 1.